The average Bonchev–Trinajstić information content (AvgIpc) is 1.49. The van der Waals surface area contributed by atoms with Crippen LogP contribution in [-0.2, 0) is 36.5 Å². The van der Waals surface area contributed by atoms with Crippen LogP contribution in [0, 0.1) is 0 Å². The van der Waals surface area contributed by atoms with Crippen LogP contribution in [0.3, 0.4) is 0 Å². The van der Waals surface area contributed by atoms with Crippen LogP contribution in [0.25, 0.3) is 98.4 Å². The van der Waals surface area contributed by atoms with Gasteiger partial charge < -0.3 is 0 Å². The molecule has 10 aromatic carbocycles. The normalized spacial score (nSPS) is 12.4. The van der Waals surface area contributed by atoms with Crippen molar-refractivity contribution in [3.05, 3.63) is 175 Å². The Hall–Kier alpha value is -6.38. The number of aryl methyl sites for hydroxylation is 4. The van der Waals surface area contributed by atoms with Crippen molar-refractivity contribution in [3.8, 4) is 44.5 Å². The van der Waals surface area contributed by atoms with E-state index >= 15 is 9.59 Å². The van der Waals surface area contributed by atoms with Gasteiger partial charge in [-0.3, -0.25) is 9.59 Å². The van der Waals surface area contributed by atoms with E-state index in [0.29, 0.717) is 0 Å². The largest absolute Gasteiger partial charge is 0.289 e. The average molecular weight is 1400 g/mol. The van der Waals surface area contributed by atoms with Crippen LogP contribution >= 0.6 is 0 Å². The van der Waals surface area contributed by atoms with Crippen LogP contribution in [-0.4, -0.2) is 0 Å². The van der Waals surface area contributed by atoms with Gasteiger partial charge in [-0.1, -0.05) is 397 Å². The molecule has 0 bridgehead atoms. The van der Waals surface area contributed by atoms with Crippen LogP contribution in [0.5, 0.6) is 0 Å². The molecule has 0 fully saturated rings. The van der Waals surface area contributed by atoms with Gasteiger partial charge in [-0.2, -0.15) is 0 Å². The van der Waals surface area contributed by atoms with Crippen molar-refractivity contribution >= 4 is 53.9 Å². The molecule has 0 heterocycles. The maximum absolute atomic E-state index is 16.7. The van der Waals surface area contributed by atoms with Crippen molar-refractivity contribution in [1.82, 2.24) is 0 Å². The van der Waals surface area contributed by atoms with E-state index in [1.807, 2.05) is 0 Å². The minimum Gasteiger partial charge on any atom is -0.289 e. The maximum atomic E-state index is 16.7. The van der Waals surface area contributed by atoms with Crippen LogP contribution in [0.4, 0.5) is 0 Å². The van der Waals surface area contributed by atoms with Crippen molar-refractivity contribution in [2.24, 2.45) is 0 Å². The summed E-state index contributed by atoms with van der Waals surface area (Å²) in [4.78, 5) is 33.3. The van der Waals surface area contributed by atoms with Crippen molar-refractivity contribution in [2.45, 2.75) is 363 Å². The molecule has 0 aliphatic carbocycles. The number of hydrogen-bond donors (Lipinski definition) is 0. The Kier molecular flexibility index (Phi) is 31.2. The third kappa shape index (κ3) is 21.1. The van der Waals surface area contributed by atoms with Crippen molar-refractivity contribution in [3.63, 3.8) is 0 Å². The van der Waals surface area contributed by atoms with Crippen molar-refractivity contribution < 1.29 is 0 Å². The Morgan fingerprint density at radius 3 is 0.538 bits per heavy atom. The molecule has 2 heteroatoms. The second kappa shape index (κ2) is 40.5. The first-order valence-electron chi connectivity index (χ1n) is 43.5. The Morgan fingerprint density at radius 2 is 0.375 bits per heavy atom. The summed E-state index contributed by atoms with van der Waals surface area (Å²) < 4.78 is 0. The molecular formula is C102H138O2. The summed E-state index contributed by atoms with van der Waals surface area (Å²) in [6.45, 7) is 23.2. The number of unbranched alkanes of at least 4 members (excludes halogenated alkanes) is 36. The Balaban J connectivity index is 1.13. The van der Waals surface area contributed by atoms with E-state index in [1.54, 1.807) is 0 Å². The van der Waals surface area contributed by atoms with Gasteiger partial charge in [-0.05, 0) is 174 Å². The van der Waals surface area contributed by atoms with Gasteiger partial charge in [0.25, 0.3) is 0 Å². The highest BCUT2D eigenvalue weighted by atomic mass is 16.1. The Morgan fingerprint density at radius 1 is 0.212 bits per heavy atom. The molecule has 558 valence electrons. The molecule has 104 heavy (non-hydrogen) atoms. The number of hydrogen-bond acceptors (Lipinski definition) is 2. The summed E-state index contributed by atoms with van der Waals surface area (Å²) in [6, 6.07) is 46.7. The lowest BCUT2D eigenvalue weighted by atomic mass is 9.77. The molecule has 10 aromatic rings. The summed E-state index contributed by atoms with van der Waals surface area (Å²) in [6.07, 6.45) is 57.1. The lowest BCUT2D eigenvalue weighted by Crippen LogP contribution is -2.12. The summed E-state index contributed by atoms with van der Waals surface area (Å²) >= 11 is 0. The number of benzene rings is 8. The lowest BCUT2D eigenvalue weighted by molar-refractivity contribution is 0.556. The molecule has 0 aliphatic rings. The molecule has 0 aliphatic heterocycles. The van der Waals surface area contributed by atoms with Crippen molar-refractivity contribution in [2.75, 3.05) is 0 Å². The summed E-state index contributed by atoms with van der Waals surface area (Å²) in [5.74, 6) is 0. The quantitative estimate of drug-likeness (QED) is 0.0281. The second-order valence-electron chi connectivity index (χ2n) is 34.6. The predicted octanol–water partition coefficient (Wildman–Crippen LogP) is 31.6. The van der Waals surface area contributed by atoms with Gasteiger partial charge >= 0.3 is 0 Å². The minimum absolute atomic E-state index is 0.106. The van der Waals surface area contributed by atoms with Crippen LogP contribution in [0.15, 0.2) is 131 Å². The molecular weight excluding hydrogens is 1260 g/mol. The first kappa shape index (κ1) is 80.2. The Labute approximate surface area is 632 Å². The van der Waals surface area contributed by atoms with E-state index in [1.165, 1.54) is 290 Å². The zero-order chi connectivity index (χ0) is 73.3. The van der Waals surface area contributed by atoms with Crippen LogP contribution < -0.4 is 10.9 Å². The fourth-order valence-electron chi connectivity index (χ4n) is 17.5. The third-order valence-electron chi connectivity index (χ3n) is 24.0. The molecule has 0 atom stereocenters. The van der Waals surface area contributed by atoms with Gasteiger partial charge in [0, 0.05) is 43.8 Å². The van der Waals surface area contributed by atoms with Gasteiger partial charge in [-0.25, -0.2) is 0 Å². The van der Waals surface area contributed by atoms with E-state index < -0.39 is 0 Å². The van der Waals surface area contributed by atoms with Crippen LogP contribution in [0.1, 0.15) is 359 Å². The zero-order valence-electron chi connectivity index (χ0n) is 67.5. The second-order valence-corrected chi connectivity index (χ2v) is 34.6. The summed E-state index contributed by atoms with van der Waals surface area (Å²) in [7, 11) is 0. The fourth-order valence-corrected chi connectivity index (χ4v) is 17.5. The van der Waals surface area contributed by atoms with E-state index in [9.17, 15) is 0 Å². The first-order valence-corrected chi connectivity index (χ1v) is 43.5. The topological polar surface area (TPSA) is 34.1 Å². The highest BCUT2D eigenvalue weighted by Crippen LogP contribution is 2.54. The molecule has 0 saturated carbocycles. The zero-order valence-corrected chi connectivity index (χ0v) is 67.5. The molecule has 0 spiro atoms. The molecule has 0 saturated heterocycles. The van der Waals surface area contributed by atoms with E-state index in [4.69, 9.17) is 0 Å². The summed E-state index contributed by atoms with van der Waals surface area (Å²) in [5.41, 5.74) is 14.6. The maximum Gasteiger partial charge on any atom is 0.195 e. The standard InChI is InChI=1S/C102H138O2/c1-11-15-19-23-27-31-35-39-43-47-51-75-55-63-79(64-56-75)89-95-85-71-83(101(5,6)7)73-87-93(85)94-86(96(95)90(99(89)103)80-65-57-76(58-66-80)52-48-44-40-36-32-28-24-20-16-12-2)72-84(102(8,9)10)74-88(94)98-92(82-69-61-78(62-70-82)54-50-46-42-38-34-30-26-22-18-14-4)100(104)91(97(87)98)81-67-59-77(60-68-81)53-49-45-41-37-33-29-25-21-17-13-3/h55-74H,11-54H2,1-10H3. The van der Waals surface area contributed by atoms with Gasteiger partial charge in [0.05, 0.1) is 0 Å². The van der Waals surface area contributed by atoms with E-state index in [-0.39, 0.29) is 21.7 Å². The molecule has 2 nitrogen and oxygen atoms in total. The molecule has 0 unspecified atom stereocenters. The SMILES string of the molecule is CCCCCCCCCCCCc1ccc(-c2c(=O)c(-c3ccc(CCCCCCCCCCCC)cc3)c3c4cc(C(C)(C)C)cc5c6c(-c7ccc(CCCCCCCCCCCC)cc7)c(=O)c(-c7ccc(CCCCCCCCCCCC)cc7)c6c6cc(C(C)(C)C)cc(c23)c6c45)cc1. The monoisotopic (exact) mass is 1400 g/mol. The smallest absolute Gasteiger partial charge is 0.195 e. The van der Waals surface area contributed by atoms with E-state index in [0.717, 1.165) is 124 Å². The highest BCUT2D eigenvalue weighted by molar-refractivity contribution is 6.45. The lowest BCUT2D eigenvalue weighted by Gasteiger charge is -2.26. The molecule has 0 radical (unpaired) electrons. The molecule has 10 rings (SSSR count). The van der Waals surface area contributed by atoms with Gasteiger partial charge in [0.15, 0.2) is 10.9 Å². The summed E-state index contributed by atoms with van der Waals surface area (Å²) in [5, 5.41) is 10.9. The minimum atomic E-state index is -0.269. The molecule has 0 aromatic heterocycles. The highest BCUT2D eigenvalue weighted by Gasteiger charge is 2.33. The fraction of sp³-hybridized carbons (Fsp3) is 0.549. The Bertz CT molecular complexity index is 3750. The number of fused-ring (bicyclic) bond motifs is 6. The predicted molar refractivity (Wildman–Crippen MR) is 461 cm³/mol. The van der Waals surface area contributed by atoms with Gasteiger partial charge in [0.2, 0.25) is 0 Å². The third-order valence-corrected chi connectivity index (χ3v) is 24.0. The molecule has 0 N–H and O–H groups in total. The van der Waals surface area contributed by atoms with Crippen molar-refractivity contribution in [1.29, 1.82) is 0 Å². The van der Waals surface area contributed by atoms with E-state index in [2.05, 4.69) is 191 Å². The molecule has 0 amide bonds. The number of rotatable bonds is 48. The first-order chi connectivity index (χ1) is 50.7. The van der Waals surface area contributed by atoms with Crippen LogP contribution in [0.2, 0.25) is 0 Å². The van der Waals surface area contributed by atoms with Gasteiger partial charge in [0.1, 0.15) is 0 Å². The van der Waals surface area contributed by atoms with Gasteiger partial charge in [-0.15, -0.1) is 0 Å².